The maximum absolute atomic E-state index is 7.18. The van der Waals surface area contributed by atoms with Gasteiger partial charge in [-0.3, -0.25) is 0 Å². The molecule has 1 heteroatoms. The Morgan fingerprint density at radius 1 is 1.67 bits per heavy atom. The van der Waals surface area contributed by atoms with E-state index in [9.17, 15) is 0 Å². The minimum atomic E-state index is 0.495. The van der Waals surface area contributed by atoms with Crippen molar-refractivity contribution in [1.29, 1.82) is 5.41 Å². The number of allylic oxidation sites excluding steroid dienone is 3. The molecular formula is C8H13N. The van der Waals surface area contributed by atoms with E-state index in [0.29, 0.717) is 5.71 Å². The summed E-state index contributed by atoms with van der Waals surface area (Å²) in [6.07, 6.45) is 4.38. The first-order valence-electron chi connectivity index (χ1n) is 3.08. The van der Waals surface area contributed by atoms with Gasteiger partial charge in [0.05, 0.1) is 5.71 Å². The standard InChI is InChI=1S/C8H13N/c1-4-7(3)6-8(9)5-2/h5-6,9H,2,4H2,1,3H3/b7-6-,9-8?. The molecule has 0 atom stereocenters. The second kappa shape index (κ2) is 4.07. The van der Waals surface area contributed by atoms with Crippen LogP contribution >= 0.6 is 0 Å². The van der Waals surface area contributed by atoms with E-state index in [-0.39, 0.29) is 0 Å². The second-order valence-corrected chi connectivity index (χ2v) is 2.00. The van der Waals surface area contributed by atoms with Crippen LogP contribution in [0.25, 0.3) is 0 Å². The van der Waals surface area contributed by atoms with Crippen LogP contribution in [0.1, 0.15) is 20.3 Å². The molecule has 0 spiro atoms. The molecule has 0 aliphatic carbocycles. The largest absolute Gasteiger partial charge is 0.301 e. The molecule has 0 saturated heterocycles. The van der Waals surface area contributed by atoms with Crippen molar-refractivity contribution in [3.8, 4) is 0 Å². The van der Waals surface area contributed by atoms with Gasteiger partial charge in [-0.25, -0.2) is 0 Å². The van der Waals surface area contributed by atoms with E-state index in [1.54, 1.807) is 6.08 Å². The lowest BCUT2D eigenvalue weighted by Crippen LogP contribution is -1.84. The van der Waals surface area contributed by atoms with Gasteiger partial charge in [-0.05, 0) is 25.5 Å². The summed E-state index contributed by atoms with van der Waals surface area (Å²) >= 11 is 0. The van der Waals surface area contributed by atoms with E-state index in [1.165, 1.54) is 5.57 Å². The lowest BCUT2D eigenvalue weighted by molar-refractivity contribution is 1.10. The molecule has 0 aromatic heterocycles. The first kappa shape index (κ1) is 8.15. The number of rotatable bonds is 3. The van der Waals surface area contributed by atoms with Crippen molar-refractivity contribution in [2.75, 3.05) is 0 Å². The minimum Gasteiger partial charge on any atom is -0.301 e. The molecule has 0 saturated carbocycles. The van der Waals surface area contributed by atoms with Crippen LogP contribution in [0.2, 0.25) is 0 Å². The summed E-state index contributed by atoms with van der Waals surface area (Å²) in [6, 6.07) is 0. The van der Waals surface area contributed by atoms with Gasteiger partial charge in [-0.1, -0.05) is 19.1 Å². The maximum atomic E-state index is 7.18. The van der Waals surface area contributed by atoms with Crippen molar-refractivity contribution in [3.05, 3.63) is 24.3 Å². The predicted octanol–water partition coefficient (Wildman–Crippen LogP) is 2.55. The molecule has 0 fully saturated rings. The van der Waals surface area contributed by atoms with E-state index in [0.717, 1.165) is 6.42 Å². The van der Waals surface area contributed by atoms with Crippen LogP contribution in [-0.4, -0.2) is 5.71 Å². The Morgan fingerprint density at radius 3 is 2.56 bits per heavy atom. The van der Waals surface area contributed by atoms with Crippen LogP contribution in [0.15, 0.2) is 24.3 Å². The van der Waals surface area contributed by atoms with Gasteiger partial charge >= 0.3 is 0 Å². The summed E-state index contributed by atoms with van der Waals surface area (Å²) in [5.74, 6) is 0. The normalized spacial score (nSPS) is 11.1. The topological polar surface area (TPSA) is 23.9 Å². The molecule has 1 N–H and O–H groups in total. The van der Waals surface area contributed by atoms with Crippen molar-refractivity contribution in [2.24, 2.45) is 0 Å². The van der Waals surface area contributed by atoms with Crippen LogP contribution in [0.3, 0.4) is 0 Å². The van der Waals surface area contributed by atoms with E-state index < -0.39 is 0 Å². The highest BCUT2D eigenvalue weighted by atomic mass is 14.4. The monoisotopic (exact) mass is 123 g/mol. The highest BCUT2D eigenvalue weighted by Crippen LogP contribution is 1.97. The zero-order valence-corrected chi connectivity index (χ0v) is 6.07. The van der Waals surface area contributed by atoms with Crippen LogP contribution in [0.4, 0.5) is 0 Å². The van der Waals surface area contributed by atoms with E-state index in [2.05, 4.69) is 13.5 Å². The Hall–Kier alpha value is -0.850. The Bertz CT molecular complexity index is 143. The van der Waals surface area contributed by atoms with Gasteiger partial charge in [-0.2, -0.15) is 0 Å². The average Bonchev–Trinajstić information content (AvgIpc) is 1.87. The minimum absolute atomic E-state index is 0.495. The van der Waals surface area contributed by atoms with Crippen LogP contribution in [0, 0.1) is 5.41 Å². The van der Waals surface area contributed by atoms with Gasteiger partial charge in [0.1, 0.15) is 0 Å². The van der Waals surface area contributed by atoms with Gasteiger partial charge in [0.25, 0.3) is 0 Å². The lowest BCUT2D eigenvalue weighted by Gasteiger charge is -1.91. The fourth-order valence-electron chi connectivity index (χ4n) is 0.426. The fourth-order valence-corrected chi connectivity index (χ4v) is 0.426. The molecule has 50 valence electrons. The Morgan fingerprint density at radius 2 is 2.22 bits per heavy atom. The third kappa shape index (κ3) is 3.71. The van der Waals surface area contributed by atoms with E-state index >= 15 is 0 Å². The van der Waals surface area contributed by atoms with Crippen molar-refractivity contribution in [3.63, 3.8) is 0 Å². The second-order valence-electron chi connectivity index (χ2n) is 2.00. The molecule has 9 heavy (non-hydrogen) atoms. The summed E-state index contributed by atoms with van der Waals surface area (Å²) in [7, 11) is 0. The maximum Gasteiger partial charge on any atom is 0.0533 e. The average molecular weight is 123 g/mol. The van der Waals surface area contributed by atoms with Crippen molar-refractivity contribution in [2.45, 2.75) is 20.3 Å². The molecule has 0 bridgehead atoms. The van der Waals surface area contributed by atoms with Crippen molar-refractivity contribution in [1.82, 2.24) is 0 Å². The Balaban J connectivity index is 3.94. The highest BCUT2D eigenvalue weighted by molar-refractivity contribution is 6.01. The predicted molar refractivity (Wildman–Crippen MR) is 42.0 cm³/mol. The molecule has 0 amide bonds. The van der Waals surface area contributed by atoms with Gasteiger partial charge in [-0.15, -0.1) is 0 Å². The third-order valence-corrected chi connectivity index (χ3v) is 1.18. The Kier molecular flexibility index (Phi) is 3.69. The summed E-state index contributed by atoms with van der Waals surface area (Å²) < 4.78 is 0. The first-order valence-corrected chi connectivity index (χ1v) is 3.08. The summed E-state index contributed by atoms with van der Waals surface area (Å²) in [6.45, 7) is 7.56. The van der Waals surface area contributed by atoms with Crippen LogP contribution < -0.4 is 0 Å². The SMILES string of the molecule is C=CC(=N)/C=C(/C)CC. The molecule has 0 rings (SSSR count). The Labute approximate surface area is 56.6 Å². The molecule has 0 aliphatic heterocycles. The van der Waals surface area contributed by atoms with Gasteiger partial charge in [0.2, 0.25) is 0 Å². The van der Waals surface area contributed by atoms with Crippen LogP contribution in [0.5, 0.6) is 0 Å². The first-order chi connectivity index (χ1) is 4.20. The van der Waals surface area contributed by atoms with E-state index in [1.807, 2.05) is 13.0 Å². The van der Waals surface area contributed by atoms with Gasteiger partial charge in [0, 0.05) is 0 Å². The summed E-state index contributed by atoms with van der Waals surface area (Å²) in [5, 5.41) is 7.18. The quantitative estimate of drug-likeness (QED) is 0.558. The summed E-state index contributed by atoms with van der Waals surface area (Å²) in [4.78, 5) is 0. The van der Waals surface area contributed by atoms with Crippen LogP contribution in [-0.2, 0) is 0 Å². The molecule has 0 heterocycles. The van der Waals surface area contributed by atoms with Gasteiger partial charge < -0.3 is 5.41 Å². The molecule has 0 aliphatic rings. The van der Waals surface area contributed by atoms with E-state index in [4.69, 9.17) is 5.41 Å². The fraction of sp³-hybridized carbons (Fsp3) is 0.375. The van der Waals surface area contributed by atoms with Gasteiger partial charge in [0.15, 0.2) is 0 Å². The number of nitrogens with one attached hydrogen (secondary N) is 1. The molecule has 0 aromatic rings. The molecule has 0 aromatic carbocycles. The lowest BCUT2D eigenvalue weighted by atomic mass is 10.2. The molecule has 0 unspecified atom stereocenters. The molecular weight excluding hydrogens is 110 g/mol. The third-order valence-electron chi connectivity index (χ3n) is 1.18. The molecule has 0 radical (unpaired) electrons. The smallest absolute Gasteiger partial charge is 0.0533 e. The highest BCUT2D eigenvalue weighted by Gasteiger charge is 1.84. The van der Waals surface area contributed by atoms with Crippen molar-refractivity contribution >= 4 is 5.71 Å². The van der Waals surface area contributed by atoms with Crippen molar-refractivity contribution < 1.29 is 0 Å². The zero-order chi connectivity index (χ0) is 7.28. The number of hydrogen-bond donors (Lipinski definition) is 1. The number of hydrogen-bond acceptors (Lipinski definition) is 1. The zero-order valence-electron chi connectivity index (χ0n) is 6.07. The molecule has 1 nitrogen and oxygen atoms in total. The summed E-state index contributed by atoms with van der Waals surface area (Å²) in [5.41, 5.74) is 1.72.